The van der Waals surface area contributed by atoms with Crippen LogP contribution in [0.1, 0.15) is 25.0 Å². The van der Waals surface area contributed by atoms with Crippen LogP contribution in [0.2, 0.25) is 0 Å². The van der Waals surface area contributed by atoms with E-state index in [4.69, 9.17) is 0 Å². The van der Waals surface area contributed by atoms with E-state index in [1.165, 1.54) is 27.6 Å². The molecule has 0 radical (unpaired) electrons. The molecular weight excluding hydrogens is 386 g/mol. The summed E-state index contributed by atoms with van der Waals surface area (Å²) in [6, 6.07) is 45.5. The Morgan fingerprint density at radius 2 is 1.06 bits per heavy atom. The highest BCUT2D eigenvalue weighted by atomic mass is 15.1. The fourth-order valence-electron chi connectivity index (χ4n) is 4.46. The zero-order valence-electron chi connectivity index (χ0n) is 18.6. The molecule has 0 saturated carbocycles. The summed E-state index contributed by atoms with van der Waals surface area (Å²) < 4.78 is 0. The van der Waals surface area contributed by atoms with E-state index in [1.807, 2.05) is 0 Å². The van der Waals surface area contributed by atoms with Gasteiger partial charge in [0.1, 0.15) is 0 Å². The van der Waals surface area contributed by atoms with Gasteiger partial charge in [0.05, 0.1) is 5.69 Å². The maximum absolute atomic E-state index is 2.37. The van der Waals surface area contributed by atoms with Gasteiger partial charge in [-0.25, -0.2) is 0 Å². The van der Waals surface area contributed by atoms with Crippen LogP contribution in [0.3, 0.4) is 0 Å². The third kappa shape index (κ3) is 3.67. The molecule has 0 unspecified atom stereocenters. The first-order chi connectivity index (χ1) is 15.6. The molecule has 0 aliphatic rings. The largest absolute Gasteiger partial charge is 0.310 e. The molecule has 5 aromatic rings. The quantitative estimate of drug-likeness (QED) is 0.279. The molecule has 0 heterocycles. The van der Waals surface area contributed by atoms with Crippen molar-refractivity contribution in [2.24, 2.45) is 0 Å². The molecule has 5 aromatic carbocycles. The van der Waals surface area contributed by atoms with Gasteiger partial charge in [-0.2, -0.15) is 0 Å². The Morgan fingerprint density at radius 3 is 1.84 bits per heavy atom. The Morgan fingerprint density at radius 1 is 0.500 bits per heavy atom. The Hall–Kier alpha value is -3.84. The molecule has 0 aromatic heterocycles. The highest BCUT2D eigenvalue weighted by molar-refractivity contribution is 5.98. The van der Waals surface area contributed by atoms with Crippen LogP contribution in [0.25, 0.3) is 10.8 Å². The Bertz CT molecular complexity index is 1330. The molecule has 0 spiro atoms. The van der Waals surface area contributed by atoms with Crippen molar-refractivity contribution in [3.63, 3.8) is 0 Å². The van der Waals surface area contributed by atoms with E-state index in [2.05, 4.69) is 146 Å². The molecule has 0 amide bonds. The van der Waals surface area contributed by atoms with Gasteiger partial charge < -0.3 is 4.90 Å². The highest BCUT2D eigenvalue weighted by Crippen LogP contribution is 2.41. The predicted molar refractivity (Wildman–Crippen MR) is 137 cm³/mol. The fourth-order valence-corrected chi connectivity index (χ4v) is 4.46. The Kier molecular flexibility index (Phi) is 5.25. The summed E-state index contributed by atoms with van der Waals surface area (Å²) in [5.41, 5.74) is 6.01. The number of para-hydroxylation sites is 1. The van der Waals surface area contributed by atoms with Gasteiger partial charge in [-0.3, -0.25) is 0 Å². The van der Waals surface area contributed by atoms with Crippen molar-refractivity contribution in [2.75, 3.05) is 4.90 Å². The Balaban J connectivity index is 1.70. The minimum atomic E-state index is -0.0988. The second-order valence-corrected chi connectivity index (χ2v) is 8.71. The first-order valence-electron chi connectivity index (χ1n) is 11.1. The van der Waals surface area contributed by atoms with E-state index in [9.17, 15) is 0 Å². The zero-order valence-corrected chi connectivity index (χ0v) is 18.6. The number of hydrogen-bond donors (Lipinski definition) is 0. The predicted octanol–water partition coefficient (Wildman–Crippen LogP) is 8.64. The second kappa shape index (κ2) is 8.36. The highest BCUT2D eigenvalue weighted by Gasteiger charge is 2.24. The lowest BCUT2D eigenvalue weighted by atomic mass is 9.78. The number of rotatable bonds is 5. The molecule has 0 atom stereocenters. The molecule has 0 fully saturated rings. The summed E-state index contributed by atoms with van der Waals surface area (Å²) in [5.74, 6) is 0. The van der Waals surface area contributed by atoms with Crippen LogP contribution in [0.15, 0.2) is 127 Å². The van der Waals surface area contributed by atoms with E-state index in [1.54, 1.807) is 0 Å². The molecule has 32 heavy (non-hydrogen) atoms. The zero-order chi connectivity index (χ0) is 22.0. The number of nitrogens with zero attached hydrogens (tertiary/aromatic N) is 1. The summed E-state index contributed by atoms with van der Waals surface area (Å²) in [7, 11) is 0. The van der Waals surface area contributed by atoms with Gasteiger partial charge >= 0.3 is 0 Å². The smallest absolute Gasteiger partial charge is 0.0540 e. The number of fused-ring (bicyclic) bond motifs is 1. The molecule has 1 nitrogen and oxygen atoms in total. The van der Waals surface area contributed by atoms with Crippen molar-refractivity contribution < 1.29 is 0 Å². The van der Waals surface area contributed by atoms with Gasteiger partial charge in [-0.05, 0) is 46.8 Å². The van der Waals surface area contributed by atoms with Crippen LogP contribution < -0.4 is 4.90 Å². The maximum Gasteiger partial charge on any atom is 0.0540 e. The van der Waals surface area contributed by atoms with Gasteiger partial charge in [0.15, 0.2) is 0 Å². The molecule has 5 rings (SSSR count). The van der Waals surface area contributed by atoms with Gasteiger partial charge in [0, 0.05) is 22.2 Å². The van der Waals surface area contributed by atoms with E-state index in [0.717, 1.165) is 11.4 Å². The molecule has 0 aliphatic heterocycles. The monoisotopic (exact) mass is 413 g/mol. The maximum atomic E-state index is 2.37. The molecule has 0 saturated heterocycles. The minimum absolute atomic E-state index is 0.0988. The normalized spacial score (nSPS) is 11.4. The van der Waals surface area contributed by atoms with Crippen molar-refractivity contribution in [3.05, 3.63) is 139 Å². The second-order valence-electron chi connectivity index (χ2n) is 8.71. The summed E-state index contributed by atoms with van der Waals surface area (Å²) in [5, 5.41) is 2.48. The molecule has 0 N–H and O–H groups in total. The lowest BCUT2D eigenvalue weighted by Gasteiger charge is -2.30. The van der Waals surface area contributed by atoms with E-state index >= 15 is 0 Å². The summed E-state index contributed by atoms with van der Waals surface area (Å²) in [6.07, 6.45) is 0. The van der Waals surface area contributed by atoms with Crippen molar-refractivity contribution >= 4 is 27.8 Å². The molecular formula is C31H27N. The first kappa shape index (κ1) is 20.1. The summed E-state index contributed by atoms with van der Waals surface area (Å²) >= 11 is 0. The van der Waals surface area contributed by atoms with E-state index in [0.29, 0.717) is 0 Å². The van der Waals surface area contributed by atoms with Crippen molar-refractivity contribution in [1.82, 2.24) is 0 Å². The van der Waals surface area contributed by atoms with Crippen LogP contribution in [0, 0.1) is 0 Å². The van der Waals surface area contributed by atoms with Crippen molar-refractivity contribution in [3.8, 4) is 0 Å². The lowest BCUT2D eigenvalue weighted by Crippen LogP contribution is -2.19. The number of benzene rings is 5. The molecule has 1 heteroatoms. The van der Waals surface area contributed by atoms with Crippen LogP contribution in [0.5, 0.6) is 0 Å². The third-order valence-electron chi connectivity index (χ3n) is 6.34. The van der Waals surface area contributed by atoms with Gasteiger partial charge in [0.2, 0.25) is 0 Å². The van der Waals surface area contributed by atoms with E-state index < -0.39 is 0 Å². The third-order valence-corrected chi connectivity index (χ3v) is 6.34. The van der Waals surface area contributed by atoms with Gasteiger partial charge in [-0.1, -0.05) is 111 Å². The van der Waals surface area contributed by atoms with Crippen LogP contribution in [0.4, 0.5) is 17.1 Å². The average molecular weight is 414 g/mol. The fraction of sp³-hybridized carbons (Fsp3) is 0.0968. The number of anilines is 3. The van der Waals surface area contributed by atoms with Crippen LogP contribution in [-0.4, -0.2) is 0 Å². The first-order valence-corrected chi connectivity index (χ1v) is 11.1. The summed E-state index contributed by atoms with van der Waals surface area (Å²) in [4.78, 5) is 2.37. The molecule has 0 aliphatic carbocycles. The molecule has 156 valence electrons. The van der Waals surface area contributed by atoms with Crippen molar-refractivity contribution in [2.45, 2.75) is 19.3 Å². The average Bonchev–Trinajstić information content (AvgIpc) is 2.86. The van der Waals surface area contributed by atoms with Crippen LogP contribution >= 0.6 is 0 Å². The van der Waals surface area contributed by atoms with Gasteiger partial charge in [-0.15, -0.1) is 0 Å². The standard InChI is InChI=1S/C31H27N/c1-31(2,25-15-5-3-6-16-25)26-17-12-20-28(23-26)32(27-18-7-4-8-19-27)30-22-11-14-24-13-9-10-21-29(24)30/h3-23H,1-2H3. The van der Waals surface area contributed by atoms with Crippen molar-refractivity contribution in [1.29, 1.82) is 0 Å². The minimum Gasteiger partial charge on any atom is -0.310 e. The topological polar surface area (TPSA) is 3.24 Å². The molecule has 0 bridgehead atoms. The number of hydrogen-bond acceptors (Lipinski definition) is 1. The van der Waals surface area contributed by atoms with E-state index in [-0.39, 0.29) is 5.41 Å². The SMILES string of the molecule is CC(C)(c1ccccc1)c1cccc(N(c2ccccc2)c2cccc3ccccc23)c1. The summed E-state index contributed by atoms with van der Waals surface area (Å²) in [6.45, 7) is 4.60. The van der Waals surface area contributed by atoms with Gasteiger partial charge in [0.25, 0.3) is 0 Å². The Labute approximate surface area is 190 Å². The lowest BCUT2D eigenvalue weighted by molar-refractivity contribution is 0.641. The van der Waals surface area contributed by atoms with Crippen LogP contribution in [-0.2, 0) is 5.41 Å².